The van der Waals surface area contributed by atoms with Crippen LogP contribution in [0.2, 0.25) is 0 Å². The summed E-state index contributed by atoms with van der Waals surface area (Å²) in [6.07, 6.45) is 0. The Morgan fingerprint density at radius 1 is 1.10 bits per heavy atom. The Morgan fingerprint density at radius 2 is 1.86 bits per heavy atom. The minimum Gasteiger partial charge on any atom is -0.399 e. The lowest BCUT2D eigenvalue weighted by Crippen LogP contribution is -2.14. The number of carbonyl (C=O) groups excluding carboxylic acids is 1. The number of anilines is 2. The number of carbonyl (C=O) groups is 1. The Morgan fingerprint density at radius 3 is 2.67 bits per heavy atom. The molecule has 0 atom stereocenters. The van der Waals surface area contributed by atoms with Gasteiger partial charge in [-0.15, -0.1) is 0 Å². The van der Waals surface area contributed by atoms with E-state index in [4.69, 9.17) is 5.73 Å². The fourth-order valence-corrected chi connectivity index (χ4v) is 2.03. The third-order valence-corrected chi connectivity index (χ3v) is 3.01. The van der Waals surface area contributed by atoms with Gasteiger partial charge in [0.25, 0.3) is 5.91 Å². The maximum absolute atomic E-state index is 13.6. The molecule has 2 aromatic carbocycles. The van der Waals surface area contributed by atoms with E-state index in [2.05, 4.69) is 15.3 Å². The molecule has 0 unspecified atom stereocenters. The summed E-state index contributed by atoms with van der Waals surface area (Å²) in [7, 11) is 0. The number of halogens is 1. The first-order valence-electron chi connectivity index (χ1n) is 6.11. The molecule has 5 N–H and O–H groups in total. The van der Waals surface area contributed by atoms with Crippen molar-refractivity contribution >= 4 is 28.3 Å². The molecule has 0 saturated heterocycles. The van der Waals surface area contributed by atoms with Crippen molar-refractivity contribution in [2.75, 3.05) is 11.1 Å². The molecule has 3 rings (SSSR count). The van der Waals surface area contributed by atoms with E-state index in [1.165, 1.54) is 12.1 Å². The number of benzene rings is 2. The van der Waals surface area contributed by atoms with Gasteiger partial charge in [-0.1, -0.05) is 0 Å². The minimum absolute atomic E-state index is 0.141. The second-order valence-electron chi connectivity index (χ2n) is 4.53. The van der Waals surface area contributed by atoms with Gasteiger partial charge in [0.15, 0.2) is 0 Å². The van der Waals surface area contributed by atoms with Gasteiger partial charge >= 0.3 is 5.69 Å². The molecule has 0 saturated carbocycles. The lowest BCUT2D eigenvalue weighted by Gasteiger charge is -2.07. The van der Waals surface area contributed by atoms with E-state index in [-0.39, 0.29) is 11.3 Å². The number of fused-ring (bicyclic) bond motifs is 1. The highest BCUT2D eigenvalue weighted by Crippen LogP contribution is 2.17. The van der Waals surface area contributed by atoms with Gasteiger partial charge in [-0.25, -0.2) is 9.18 Å². The number of imidazole rings is 1. The molecule has 1 amide bonds. The van der Waals surface area contributed by atoms with Crippen molar-refractivity contribution < 1.29 is 9.18 Å². The number of hydrogen-bond acceptors (Lipinski definition) is 3. The number of aromatic amines is 2. The first-order valence-corrected chi connectivity index (χ1v) is 6.11. The minimum atomic E-state index is -0.655. The van der Waals surface area contributed by atoms with E-state index in [1.54, 1.807) is 18.2 Å². The third-order valence-electron chi connectivity index (χ3n) is 3.01. The predicted molar refractivity (Wildman–Crippen MR) is 77.7 cm³/mol. The number of hydrogen-bond donors (Lipinski definition) is 4. The van der Waals surface area contributed by atoms with Crippen LogP contribution in [0.1, 0.15) is 10.4 Å². The second kappa shape index (κ2) is 4.78. The number of nitrogens with two attached hydrogens (primary N) is 1. The first kappa shape index (κ1) is 12.9. The molecule has 21 heavy (non-hydrogen) atoms. The average Bonchev–Trinajstić information content (AvgIpc) is 2.80. The number of H-pyrrole nitrogens is 2. The maximum Gasteiger partial charge on any atom is 0.323 e. The van der Waals surface area contributed by atoms with Crippen molar-refractivity contribution in [3.8, 4) is 0 Å². The molecule has 0 aliphatic carbocycles. The van der Waals surface area contributed by atoms with Gasteiger partial charge in [0.1, 0.15) is 5.82 Å². The summed E-state index contributed by atoms with van der Waals surface area (Å²) in [5.41, 5.74) is 6.97. The van der Waals surface area contributed by atoms with Crippen molar-refractivity contribution in [2.45, 2.75) is 0 Å². The van der Waals surface area contributed by atoms with E-state index in [0.29, 0.717) is 22.4 Å². The molecular weight excluding hydrogens is 275 g/mol. The summed E-state index contributed by atoms with van der Waals surface area (Å²) in [6, 6.07) is 8.60. The van der Waals surface area contributed by atoms with Gasteiger partial charge in [-0.05, 0) is 36.4 Å². The molecule has 1 heterocycles. The van der Waals surface area contributed by atoms with Gasteiger partial charge in [-0.3, -0.25) is 4.79 Å². The Bertz CT molecular complexity index is 897. The van der Waals surface area contributed by atoms with E-state index < -0.39 is 11.7 Å². The monoisotopic (exact) mass is 286 g/mol. The summed E-state index contributed by atoms with van der Waals surface area (Å²) in [6.45, 7) is 0. The summed E-state index contributed by atoms with van der Waals surface area (Å²) in [4.78, 5) is 28.4. The van der Waals surface area contributed by atoms with E-state index in [1.807, 2.05) is 0 Å². The smallest absolute Gasteiger partial charge is 0.323 e. The molecule has 0 spiro atoms. The molecule has 6 nitrogen and oxygen atoms in total. The lowest BCUT2D eigenvalue weighted by atomic mass is 10.1. The zero-order valence-corrected chi connectivity index (χ0v) is 10.7. The van der Waals surface area contributed by atoms with Crippen molar-refractivity contribution in [1.29, 1.82) is 0 Å². The molecular formula is C14H11FN4O2. The predicted octanol–water partition coefficient (Wildman–Crippen LogP) is 1.83. The van der Waals surface area contributed by atoms with E-state index in [9.17, 15) is 14.0 Å². The third kappa shape index (κ3) is 2.48. The van der Waals surface area contributed by atoms with Crippen molar-refractivity contribution in [2.24, 2.45) is 0 Å². The standard InChI is InChI=1S/C14H11FN4O2/c15-10-3-1-7(16)5-9(10)13(20)17-8-2-4-11-12(6-8)19-14(21)18-11/h1-6H,16H2,(H,17,20)(H2,18,19,21). The maximum atomic E-state index is 13.6. The molecule has 0 aliphatic rings. The summed E-state index contributed by atoms with van der Waals surface area (Å²) >= 11 is 0. The van der Waals surface area contributed by atoms with Crippen LogP contribution in [0.3, 0.4) is 0 Å². The van der Waals surface area contributed by atoms with Crippen LogP contribution in [-0.4, -0.2) is 15.9 Å². The number of nitrogens with one attached hydrogen (secondary N) is 3. The van der Waals surface area contributed by atoms with Crippen molar-refractivity contribution in [3.63, 3.8) is 0 Å². The molecule has 3 aromatic rings. The number of rotatable bonds is 2. The normalized spacial score (nSPS) is 10.7. The topological polar surface area (TPSA) is 104 Å². The first-order chi connectivity index (χ1) is 10.0. The van der Waals surface area contributed by atoms with Crippen LogP contribution >= 0.6 is 0 Å². The fraction of sp³-hybridized carbons (Fsp3) is 0. The Balaban J connectivity index is 1.92. The lowest BCUT2D eigenvalue weighted by molar-refractivity contribution is 0.102. The Hall–Kier alpha value is -3.09. The SMILES string of the molecule is Nc1ccc(F)c(C(=O)Nc2ccc3[nH]c(=O)[nH]c3c2)c1. The Labute approximate surface area is 117 Å². The van der Waals surface area contributed by atoms with E-state index in [0.717, 1.165) is 6.07 Å². The molecule has 106 valence electrons. The van der Waals surface area contributed by atoms with Crippen LogP contribution in [0.15, 0.2) is 41.2 Å². The van der Waals surface area contributed by atoms with Gasteiger partial charge in [-0.2, -0.15) is 0 Å². The number of amides is 1. The Kier molecular flexibility index (Phi) is 2.94. The molecule has 7 heteroatoms. The van der Waals surface area contributed by atoms with Crippen LogP contribution in [-0.2, 0) is 0 Å². The highest BCUT2D eigenvalue weighted by Gasteiger charge is 2.12. The van der Waals surface area contributed by atoms with E-state index >= 15 is 0 Å². The van der Waals surface area contributed by atoms with Crippen molar-refractivity contribution in [3.05, 3.63) is 58.3 Å². The molecule has 0 bridgehead atoms. The molecule has 0 fully saturated rings. The zero-order chi connectivity index (χ0) is 15.0. The largest absolute Gasteiger partial charge is 0.399 e. The summed E-state index contributed by atoms with van der Waals surface area (Å²) < 4.78 is 13.6. The van der Waals surface area contributed by atoms with Crippen molar-refractivity contribution in [1.82, 2.24) is 9.97 Å². The summed E-state index contributed by atoms with van der Waals surface area (Å²) in [5, 5.41) is 2.56. The highest BCUT2D eigenvalue weighted by molar-refractivity contribution is 6.05. The van der Waals surface area contributed by atoms with Crippen LogP contribution in [0, 0.1) is 5.82 Å². The zero-order valence-electron chi connectivity index (χ0n) is 10.7. The molecule has 0 aliphatic heterocycles. The van der Waals surface area contributed by atoms with Gasteiger partial charge in [0.2, 0.25) is 0 Å². The van der Waals surface area contributed by atoms with Crippen LogP contribution in [0.4, 0.5) is 15.8 Å². The average molecular weight is 286 g/mol. The number of nitrogen functional groups attached to an aromatic ring is 1. The van der Waals surface area contributed by atoms with Crippen LogP contribution < -0.4 is 16.7 Å². The van der Waals surface area contributed by atoms with Crippen LogP contribution in [0.5, 0.6) is 0 Å². The summed E-state index contributed by atoms with van der Waals surface area (Å²) in [5.74, 6) is -1.27. The van der Waals surface area contributed by atoms with Crippen LogP contribution in [0.25, 0.3) is 11.0 Å². The molecule has 1 aromatic heterocycles. The highest BCUT2D eigenvalue weighted by atomic mass is 19.1. The van der Waals surface area contributed by atoms with Gasteiger partial charge < -0.3 is 21.0 Å². The molecule has 0 radical (unpaired) electrons. The quantitative estimate of drug-likeness (QED) is 0.540. The fourth-order valence-electron chi connectivity index (χ4n) is 2.03. The van der Waals surface area contributed by atoms with Gasteiger partial charge in [0.05, 0.1) is 16.6 Å². The number of aromatic nitrogens is 2. The second-order valence-corrected chi connectivity index (χ2v) is 4.53. The van der Waals surface area contributed by atoms with Gasteiger partial charge in [0, 0.05) is 11.4 Å².